The second kappa shape index (κ2) is 9.65. The third-order valence-electron chi connectivity index (χ3n) is 5.70. The van der Waals surface area contributed by atoms with Gasteiger partial charge in [0.1, 0.15) is 11.5 Å². The Hall–Kier alpha value is -3.35. The zero-order valence-electron chi connectivity index (χ0n) is 18.4. The van der Waals surface area contributed by atoms with Gasteiger partial charge in [-0.15, -0.1) is 0 Å². The number of aliphatic hydroxyl groups excluding tert-OH is 1. The van der Waals surface area contributed by atoms with E-state index in [9.17, 15) is 14.7 Å². The van der Waals surface area contributed by atoms with Crippen LogP contribution in [-0.2, 0) is 14.3 Å². The van der Waals surface area contributed by atoms with E-state index in [1.54, 1.807) is 18.2 Å². The van der Waals surface area contributed by atoms with Crippen LogP contribution in [0.1, 0.15) is 24.1 Å². The molecule has 4 rings (SSSR count). The lowest BCUT2D eigenvalue weighted by atomic mass is 9.91. The summed E-state index contributed by atoms with van der Waals surface area (Å²) in [5.74, 6) is -1.29. The molecule has 0 spiro atoms. The number of fused-ring (bicyclic) bond motifs is 1. The molecular formula is C26H24ClNO5. The lowest BCUT2D eigenvalue weighted by molar-refractivity contribution is -0.140. The normalized spacial score (nSPS) is 17.7. The summed E-state index contributed by atoms with van der Waals surface area (Å²) >= 11 is 6.38. The molecule has 1 N–H and O–H groups in total. The molecule has 1 aliphatic rings. The molecule has 3 aromatic carbocycles. The van der Waals surface area contributed by atoms with E-state index in [2.05, 4.69) is 0 Å². The average molecular weight is 466 g/mol. The highest BCUT2D eigenvalue weighted by Gasteiger charge is 2.46. The van der Waals surface area contributed by atoms with Crippen molar-refractivity contribution in [1.82, 2.24) is 4.90 Å². The van der Waals surface area contributed by atoms with Crippen LogP contribution in [0.5, 0.6) is 5.75 Å². The van der Waals surface area contributed by atoms with Crippen molar-refractivity contribution >= 4 is 39.8 Å². The summed E-state index contributed by atoms with van der Waals surface area (Å²) in [6, 6.07) is 17.5. The highest BCUT2D eigenvalue weighted by atomic mass is 35.5. The number of ketones is 1. The largest absolute Gasteiger partial charge is 0.507 e. The van der Waals surface area contributed by atoms with E-state index in [0.29, 0.717) is 12.4 Å². The van der Waals surface area contributed by atoms with Crippen molar-refractivity contribution in [2.24, 2.45) is 0 Å². The monoisotopic (exact) mass is 465 g/mol. The van der Waals surface area contributed by atoms with E-state index in [0.717, 1.165) is 16.3 Å². The molecule has 3 aromatic rings. The smallest absolute Gasteiger partial charge is 0.295 e. The van der Waals surface area contributed by atoms with Crippen molar-refractivity contribution in [2.75, 3.05) is 26.9 Å². The number of aliphatic hydroxyl groups is 1. The van der Waals surface area contributed by atoms with Gasteiger partial charge in [0.05, 0.1) is 29.9 Å². The quantitative estimate of drug-likeness (QED) is 0.303. The molecule has 1 unspecified atom stereocenters. The maximum absolute atomic E-state index is 13.2. The number of likely N-dealkylation sites (tertiary alicyclic amines) is 1. The van der Waals surface area contributed by atoms with Crippen molar-refractivity contribution in [1.29, 1.82) is 0 Å². The molecule has 7 heteroatoms. The minimum Gasteiger partial charge on any atom is -0.507 e. The zero-order valence-corrected chi connectivity index (χ0v) is 19.1. The molecular weight excluding hydrogens is 442 g/mol. The Morgan fingerprint density at radius 1 is 1.09 bits per heavy atom. The van der Waals surface area contributed by atoms with E-state index in [1.807, 2.05) is 49.4 Å². The summed E-state index contributed by atoms with van der Waals surface area (Å²) < 4.78 is 10.7. The second-order valence-corrected chi connectivity index (χ2v) is 8.04. The van der Waals surface area contributed by atoms with Crippen LogP contribution < -0.4 is 4.74 Å². The van der Waals surface area contributed by atoms with Crippen LogP contribution in [0.15, 0.2) is 66.2 Å². The molecule has 1 heterocycles. The standard InChI is InChI=1S/C26H24ClNO5/c1-3-33-17-11-12-21(27)20(15-17)24(29)22-23(28(13-14-32-2)26(31)25(22)30)19-10-6-8-16-7-4-5-9-18(16)19/h4-12,15,23,29H,3,13-14H2,1-2H3/b24-22+. The van der Waals surface area contributed by atoms with E-state index >= 15 is 0 Å². The van der Waals surface area contributed by atoms with Crippen molar-refractivity contribution in [2.45, 2.75) is 13.0 Å². The maximum atomic E-state index is 13.2. The first-order valence-electron chi connectivity index (χ1n) is 10.7. The maximum Gasteiger partial charge on any atom is 0.295 e. The minimum atomic E-state index is -0.793. The number of halogens is 1. The molecule has 0 saturated carbocycles. The van der Waals surface area contributed by atoms with Gasteiger partial charge in [0, 0.05) is 19.2 Å². The number of amides is 1. The van der Waals surface area contributed by atoms with Gasteiger partial charge in [-0.3, -0.25) is 9.59 Å². The molecule has 0 radical (unpaired) electrons. The SMILES string of the molecule is CCOc1ccc(Cl)c(/C(O)=C2\C(=O)C(=O)N(CCOC)C2c2cccc3ccccc23)c1. The van der Waals surface area contributed by atoms with Gasteiger partial charge < -0.3 is 19.5 Å². The van der Waals surface area contributed by atoms with Gasteiger partial charge >= 0.3 is 0 Å². The molecule has 6 nitrogen and oxygen atoms in total. The van der Waals surface area contributed by atoms with Gasteiger partial charge in [-0.1, -0.05) is 54.1 Å². The molecule has 0 aliphatic carbocycles. The molecule has 1 aliphatic heterocycles. The number of hydrogen-bond acceptors (Lipinski definition) is 5. The van der Waals surface area contributed by atoms with Gasteiger partial charge in [0.25, 0.3) is 11.7 Å². The van der Waals surface area contributed by atoms with E-state index in [-0.39, 0.29) is 35.1 Å². The lowest BCUT2D eigenvalue weighted by Gasteiger charge is -2.26. The Morgan fingerprint density at radius 3 is 2.61 bits per heavy atom. The van der Waals surface area contributed by atoms with E-state index < -0.39 is 17.7 Å². The Labute approximate surface area is 197 Å². The van der Waals surface area contributed by atoms with Crippen LogP contribution >= 0.6 is 11.6 Å². The fraction of sp³-hybridized carbons (Fsp3) is 0.231. The van der Waals surface area contributed by atoms with Gasteiger partial charge in [-0.05, 0) is 41.5 Å². The molecule has 0 aromatic heterocycles. The van der Waals surface area contributed by atoms with Gasteiger partial charge in [-0.25, -0.2) is 0 Å². The molecule has 1 amide bonds. The minimum absolute atomic E-state index is 0.0111. The Bertz CT molecular complexity index is 1250. The van der Waals surface area contributed by atoms with Crippen LogP contribution in [0, 0.1) is 0 Å². The molecule has 170 valence electrons. The topological polar surface area (TPSA) is 76.1 Å². The van der Waals surface area contributed by atoms with Gasteiger partial charge in [-0.2, -0.15) is 0 Å². The highest BCUT2D eigenvalue weighted by Crippen LogP contribution is 2.43. The highest BCUT2D eigenvalue weighted by molar-refractivity contribution is 6.47. The number of Topliss-reactive ketones (excluding diaryl/α,β-unsaturated/α-hetero) is 1. The third-order valence-corrected chi connectivity index (χ3v) is 6.03. The zero-order chi connectivity index (χ0) is 23.5. The predicted molar refractivity (Wildman–Crippen MR) is 127 cm³/mol. The fourth-order valence-electron chi connectivity index (χ4n) is 4.20. The predicted octanol–water partition coefficient (Wildman–Crippen LogP) is 4.96. The summed E-state index contributed by atoms with van der Waals surface area (Å²) in [5.41, 5.74) is 0.961. The van der Waals surface area contributed by atoms with Crippen molar-refractivity contribution in [3.05, 3.63) is 82.4 Å². The molecule has 1 atom stereocenters. The van der Waals surface area contributed by atoms with E-state index in [4.69, 9.17) is 21.1 Å². The first-order chi connectivity index (χ1) is 16.0. The number of hydrogen-bond donors (Lipinski definition) is 1. The molecule has 1 saturated heterocycles. The number of carbonyl (C=O) groups is 2. The third kappa shape index (κ3) is 4.19. The first-order valence-corrected chi connectivity index (χ1v) is 11.0. The van der Waals surface area contributed by atoms with Crippen LogP contribution in [-0.4, -0.2) is 48.6 Å². The first kappa shape index (κ1) is 22.8. The molecule has 0 bridgehead atoms. The number of carbonyl (C=O) groups excluding carboxylic acids is 2. The summed E-state index contributed by atoms with van der Waals surface area (Å²) in [6.07, 6.45) is 0. The number of methoxy groups -OCH3 is 1. The second-order valence-electron chi connectivity index (χ2n) is 7.63. The Balaban J connectivity index is 1.96. The number of ether oxygens (including phenoxy) is 2. The number of rotatable bonds is 7. The van der Waals surface area contributed by atoms with E-state index in [1.165, 1.54) is 12.0 Å². The lowest BCUT2D eigenvalue weighted by Crippen LogP contribution is -2.32. The summed E-state index contributed by atoms with van der Waals surface area (Å²) in [5, 5.41) is 13.4. The average Bonchev–Trinajstić information content (AvgIpc) is 3.08. The number of nitrogens with zero attached hydrogens (tertiary/aromatic N) is 1. The van der Waals surface area contributed by atoms with Gasteiger partial charge in [0.2, 0.25) is 0 Å². The van der Waals surface area contributed by atoms with Crippen LogP contribution in [0.25, 0.3) is 16.5 Å². The van der Waals surface area contributed by atoms with Crippen LogP contribution in [0.2, 0.25) is 5.02 Å². The molecule has 1 fully saturated rings. The van der Waals surface area contributed by atoms with Crippen LogP contribution in [0.4, 0.5) is 0 Å². The number of benzene rings is 3. The fourth-order valence-corrected chi connectivity index (χ4v) is 4.41. The van der Waals surface area contributed by atoms with Crippen LogP contribution in [0.3, 0.4) is 0 Å². The summed E-state index contributed by atoms with van der Waals surface area (Å²) in [7, 11) is 1.53. The van der Waals surface area contributed by atoms with Crippen molar-refractivity contribution < 1.29 is 24.2 Å². The summed E-state index contributed by atoms with van der Waals surface area (Å²) in [6.45, 7) is 2.71. The summed E-state index contributed by atoms with van der Waals surface area (Å²) in [4.78, 5) is 27.7. The Morgan fingerprint density at radius 2 is 1.85 bits per heavy atom. The van der Waals surface area contributed by atoms with Crippen molar-refractivity contribution in [3.8, 4) is 5.75 Å². The van der Waals surface area contributed by atoms with Crippen molar-refractivity contribution in [3.63, 3.8) is 0 Å². The Kier molecular flexibility index (Phi) is 6.67. The molecule has 33 heavy (non-hydrogen) atoms. The van der Waals surface area contributed by atoms with Gasteiger partial charge in [0.15, 0.2) is 0 Å².